The summed E-state index contributed by atoms with van der Waals surface area (Å²) in [6.45, 7) is 12.9. The van der Waals surface area contributed by atoms with Crippen molar-refractivity contribution in [2.45, 2.75) is 78.4 Å². The molecule has 0 spiro atoms. The molecule has 0 aromatic carbocycles. The summed E-state index contributed by atoms with van der Waals surface area (Å²) in [6.07, 6.45) is 7.17. The molecule has 1 aromatic rings. The number of nitrogens with zero attached hydrogens (tertiary/aromatic N) is 3. The predicted molar refractivity (Wildman–Crippen MR) is 107 cm³/mol. The molecule has 0 bridgehead atoms. The normalized spacial score (nSPS) is 18.1. The second kappa shape index (κ2) is 9.36. The summed E-state index contributed by atoms with van der Waals surface area (Å²) in [7, 11) is 0. The minimum atomic E-state index is -0.508. The first-order chi connectivity index (χ1) is 12.4. The van der Waals surface area contributed by atoms with E-state index in [0.717, 1.165) is 19.4 Å². The SMILES string of the molecule is CCCCN(C(=O)OC(C)(C)C)c1ccc([C@@H]2CCCN2CCC)cn1. The molecule has 2 rings (SSSR count). The molecule has 26 heavy (non-hydrogen) atoms. The van der Waals surface area contributed by atoms with Crippen LogP contribution in [0.1, 0.15) is 78.3 Å². The van der Waals surface area contributed by atoms with Gasteiger partial charge < -0.3 is 4.74 Å². The summed E-state index contributed by atoms with van der Waals surface area (Å²) in [5.41, 5.74) is 0.741. The first-order valence-corrected chi connectivity index (χ1v) is 10.1. The van der Waals surface area contributed by atoms with Gasteiger partial charge in [-0.1, -0.05) is 26.3 Å². The van der Waals surface area contributed by atoms with E-state index in [1.807, 2.05) is 33.0 Å². The lowest BCUT2D eigenvalue weighted by molar-refractivity contribution is 0.0578. The molecule has 1 aromatic heterocycles. The number of pyridine rings is 1. The van der Waals surface area contributed by atoms with E-state index in [9.17, 15) is 4.79 Å². The fourth-order valence-corrected chi connectivity index (χ4v) is 3.45. The van der Waals surface area contributed by atoms with Gasteiger partial charge >= 0.3 is 6.09 Å². The number of hydrogen-bond donors (Lipinski definition) is 0. The van der Waals surface area contributed by atoms with Gasteiger partial charge in [0.15, 0.2) is 0 Å². The van der Waals surface area contributed by atoms with E-state index in [1.165, 1.54) is 31.4 Å². The highest BCUT2D eigenvalue weighted by molar-refractivity contribution is 5.86. The van der Waals surface area contributed by atoms with Gasteiger partial charge in [0, 0.05) is 18.8 Å². The molecule has 1 atom stereocenters. The van der Waals surface area contributed by atoms with Gasteiger partial charge in [0.05, 0.1) is 0 Å². The zero-order valence-corrected chi connectivity index (χ0v) is 17.1. The van der Waals surface area contributed by atoms with Crippen LogP contribution < -0.4 is 4.90 Å². The highest BCUT2D eigenvalue weighted by Gasteiger charge is 2.27. The Bertz CT molecular complexity index is 566. The standard InChI is InChI=1S/C21H35N3O2/c1-6-8-15-24(20(25)26-21(3,4)5)19-12-11-17(16-22-19)18-10-9-14-23(18)13-7-2/h11-12,16,18H,6-10,13-15H2,1-5H3/t18-/m0/s1. The number of ether oxygens (including phenoxy) is 1. The first kappa shape index (κ1) is 20.7. The van der Waals surface area contributed by atoms with Crippen LogP contribution in [-0.2, 0) is 4.74 Å². The zero-order valence-electron chi connectivity index (χ0n) is 17.1. The first-order valence-electron chi connectivity index (χ1n) is 10.1. The Hall–Kier alpha value is -1.62. The lowest BCUT2D eigenvalue weighted by Crippen LogP contribution is -2.38. The summed E-state index contributed by atoms with van der Waals surface area (Å²) in [5.74, 6) is 0.677. The van der Waals surface area contributed by atoms with Crippen molar-refractivity contribution < 1.29 is 9.53 Å². The molecule has 1 fully saturated rings. The lowest BCUT2D eigenvalue weighted by atomic mass is 10.1. The van der Waals surface area contributed by atoms with Crippen molar-refractivity contribution in [2.75, 3.05) is 24.5 Å². The number of carbonyl (C=O) groups is 1. The van der Waals surface area contributed by atoms with Gasteiger partial charge in [-0.2, -0.15) is 0 Å². The minimum absolute atomic E-state index is 0.320. The van der Waals surface area contributed by atoms with Crippen molar-refractivity contribution in [3.05, 3.63) is 23.9 Å². The van der Waals surface area contributed by atoms with E-state index < -0.39 is 5.60 Å². The molecule has 5 nitrogen and oxygen atoms in total. The Kier molecular flexibility index (Phi) is 7.44. The number of carbonyl (C=O) groups excluding carboxylic acids is 1. The number of anilines is 1. The summed E-state index contributed by atoms with van der Waals surface area (Å²) in [6, 6.07) is 4.56. The van der Waals surface area contributed by atoms with Gasteiger partial charge in [0.2, 0.25) is 0 Å². The molecule has 1 amide bonds. The van der Waals surface area contributed by atoms with E-state index >= 15 is 0 Å². The number of rotatable bonds is 7. The molecular formula is C21H35N3O2. The van der Waals surface area contributed by atoms with Crippen LogP contribution in [0.15, 0.2) is 18.3 Å². The molecule has 1 aliphatic heterocycles. The average molecular weight is 362 g/mol. The minimum Gasteiger partial charge on any atom is -0.443 e. The van der Waals surface area contributed by atoms with Crippen LogP contribution >= 0.6 is 0 Å². The van der Waals surface area contributed by atoms with Gasteiger partial charge in [-0.3, -0.25) is 9.80 Å². The smallest absolute Gasteiger partial charge is 0.416 e. The maximum atomic E-state index is 12.6. The second-order valence-electron chi connectivity index (χ2n) is 8.13. The van der Waals surface area contributed by atoms with Crippen LogP contribution in [0.5, 0.6) is 0 Å². The van der Waals surface area contributed by atoms with E-state index in [0.29, 0.717) is 18.4 Å². The number of unbranched alkanes of at least 4 members (excludes halogenated alkanes) is 1. The van der Waals surface area contributed by atoms with Crippen molar-refractivity contribution in [1.29, 1.82) is 0 Å². The van der Waals surface area contributed by atoms with Crippen molar-refractivity contribution in [3.63, 3.8) is 0 Å². The van der Waals surface area contributed by atoms with E-state index in [4.69, 9.17) is 4.74 Å². The predicted octanol–water partition coefficient (Wildman–Crippen LogP) is 5.17. The van der Waals surface area contributed by atoms with E-state index in [2.05, 4.69) is 29.8 Å². The van der Waals surface area contributed by atoms with Crippen molar-refractivity contribution in [1.82, 2.24) is 9.88 Å². The average Bonchev–Trinajstić information content (AvgIpc) is 3.03. The Morgan fingerprint density at radius 1 is 1.31 bits per heavy atom. The molecule has 146 valence electrons. The summed E-state index contributed by atoms with van der Waals surface area (Å²) in [4.78, 5) is 21.4. The molecule has 1 saturated heterocycles. The number of hydrogen-bond acceptors (Lipinski definition) is 4. The largest absolute Gasteiger partial charge is 0.443 e. The Labute approximate surface area is 158 Å². The Morgan fingerprint density at radius 2 is 2.08 bits per heavy atom. The topological polar surface area (TPSA) is 45.7 Å². The summed E-state index contributed by atoms with van der Waals surface area (Å²) < 4.78 is 5.57. The van der Waals surface area contributed by atoms with Gasteiger partial charge in [-0.05, 0) is 71.2 Å². The molecule has 0 unspecified atom stereocenters. The molecule has 5 heteroatoms. The summed E-state index contributed by atoms with van der Waals surface area (Å²) in [5, 5.41) is 0. The van der Waals surface area contributed by atoms with Crippen LogP contribution in [-0.4, -0.2) is 41.2 Å². The Balaban J connectivity index is 2.14. The molecule has 0 saturated carbocycles. The number of aromatic nitrogens is 1. The third-order valence-electron chi connectivity index (χ3n) is 4.66. The quantitative estimate of drug-likeness (QED) is 0.672. The lowest BCUT2D eigenvalue weighted by Gasteiger charge is -2.27. The van der Waals surface area contributed by atoms with Crippen molar-refractivity contribution in [2.24, 2.45) is 0 Å². The van der Waals surface area contributed by atoms with Crippen molar-refractivity contribution >= 4 is 11.9 Å². The van der Waals surface area contributed by atoms with Crippen LogP contribution in [0, 0.1) is 0 Å². The fourth-order valence-electron chi connectivity index (χ4n) is 3.45. The fraction of sp³-hybridized carbons (Fsp3) is 0.714. The van der Waals surface area contributed by atoms with Crippen LogP contribution in [0.25, 0.3) is 0 Å². The van der Waals surface area contributed by atoms with Gasteiger partial charge in [-0.25, -0.2) is 9.78 Å². The third kappa shape index (κ3) is 5.70. The monoisotopic (exact) mass is 361 g/mol. The van der Waals surface area contributed by atoms with Gasteiger partial charge in [-0.15, -0.1) is 0 Å². The Morgan fingerprint density at radius 3 is 2.65 bits per heavy atom. The molecular weight excluding hydrogens is 326 g/mol. The molecule has 1 aliphatic rings. The van der Waals surface area contributed by atoms with Crippen LogP contribution in [0.4, 0.5) is 10.6 Å². The van der Waals surface area contributed by atoms with Crippen LogP contribution in [0.3, 0.4) is 0 Å². The third-order valence-corrected chi connectivity index (χ3v) is 4.66. The molecule has 0 radical (unpaired) electrons. The number of amides is 1. The number of likely N-dealkylation sites (tertiary alicyclic amines) is 1. The molecule has 0 aliphatic carbocycles. The van der Waals surface area contributed by atoms with Crippen LogP contribution in [0.2, 0.25) is 0 Å². The zero-order chi connectivity index (χ0) is 19.2. The van der Waals surface area contributed by atoms with E-state index in [-0.39, 0.29) is 6.09 Å². The summed E-state index contributed by atoms with van der Waals surface area (Å²) >= 11 is 0. The highest BCUT2D eigenvalue weighted by atomic mass is 16.6. The second-order valence-corrected chi connectivity index (χ2v) is 8.13. The van der Waals surface area contributed by atoms with Gasteiger partial charge in [0.25, 0.3) is 0 Å². The maximum absolute atomic E-state index is 12.6. The maximum Gasteiger partial charge on any atom is 0.416 e. The molecule has 2 heterocycles. The van der Waals surface area contributed by atoms with E-state index in [1.54, 1.807) is 4.90 Å². The van der Waals surface area contributed by atoms with Crippen molar-refractivity contribution in [3.8, 4) is 0 Å². The highest BCUT2D eigenvalue weighted by Crippen LogP contribution is 2.32. The molecule has 0 N–H and O–H groups in total. The van der Waals surface area contributed by atoms with Gasteiger partial charge in [0.1, 0.15) is 11.4 Å².